The van der Waals surface area contributed by atoms with Gasteiger partial charge in [-0.15, -0.1) is 0 Å². The lowest BCUT2D eigenvalue weighted by Gasteiger charge is -2.22. The maximum Gasteiger partial charge on any atom is 0.329 e. The maximum atomic E-state index is 11.1. The van der Waals surface area contributed by atoms with E-state index < -0.39 is 5.97 Å². The second kappa shape index (κ2) is 4.95. The van der Waals surface area contributed by atoms with Gasteiger partial charge in [0.1, 0.15) is 6.61 Å². The molecule has 1 saturated heterocycles. The quantitative estimate of drug-likeness (QED) is 0.700. The monoisotopic (exact) mass is 201 g/mol. The third kappa shape index (κ3) is 2.99. The Labute approximate surface area is 82.6 Å². The molecular weight excluding hydrogens is 186 g/mol. The molecule has 1 aliphatic heterocycles. The van der Waals surface area contributed by atoms with E-state index in [1.54, 1.807) is 4.90 Å². The third-order valence-corrected chi connectivity index (χ3v) is 2.32. The topological polar surface area (TPSA) is 66.8 Å². The summed E-state index contributed by atoms with van der Waals surface area (Å²) in [4.78, 5) is 23.0. The van der Waals surface area contributed by atoms with Crippen LogP contribution >= 0.6 is 0 Å². The van der Waals surface area contributed by atoms with Crippen LogP contribution in [0.5, 0.6) is 0 Å². The Hall–Kier alpha value is -1.10. The van der Waals surface area contributed by atoms with E-state index in [9.17, 15) is 9.59 Å². The molecule has 1 rings (SSSR count). The summed E-state index contributed by atoms with van der Waals surface area (Å²) in [6.45, 7) is 2.32. The number of amides is 1. The van der Waals surface area contributed by atoms with Gasteiger partial charge in [-0.1, -0.05) is 0 Å². The predicted octanol–water partition coefficient (Wildman–Crippen LogP) is 0.0985. The van der Waals surface area contributed by atoms with Gasteiger partial charge in [0.2, 0.25) is 5.91 Å². The van der Waals surface area contributed by atoms with Gasteiger partial charge in [0, 0.05) is 13.5 Å². The Kier molecular flexibility index (Phi) is 3.88. The molecule has 1 fully saturated rings. The summed E-state index contributed by atoms with van der Waals surface area (Å²) in [5.41, 5.74) is 0. The number of carboxylic acids is 1. The van der Waals surface area contributed by atoms with Crippen molar-refractivity contribution in [1.29, 1.82) is 0 Å². The average molecular weight is 201 g/mol. The molecule has 0 spiro atoms. The lowest BCUT2D eigenvalue weighted by atomic mass is 10.2. The van der Waals surface area contributed by atoms with Crippen LogP contribution in [0.2, 0.25) is 0 Å². The molecule has 80 valence electrons. The molecule has 1 atom stereocenters. The number of ether oxygens (including phenoxy) is 1. The van der Waals surface area contributed by atoms with Crippen LogP contribution in [-0.2, 0) is 14.3 Å². The molecule has 0 aliphatic carbocycles. The van der Waals surface area contributed by atoms with Gasteiger partial charge in [0.05, 0.1) is 12.6 Å². The van der Waals surface area contributed by atoms with Crippen molar-refractivity contribution < 1.29 is 19.4 Å². The highest BCUT2D eigenvalue weighted by Gasteiger charge is 2.26. The molecule has 1 unspecified atom stereocenters. The highest BCUT2D eigenvalue weighted by atomic mass is 16.5. The largest absolute Gasteiger partial charge is 0.480 e. The number of carbonyl (C=O) groups is 2. The molecule has 14 heavy (non-hydrogen) atoms. The van der Waals surface area contributed by atoms with E-state index in [0.717, 1.165) is 19.4 Å². The Bertz CT molecular complexity index is 229. The summed E-state index contributed by atoms with van der Waals surface area (Å²) in [7, 11) is 0. The Morgan fingerprint density at radius 1 is 1.57 bits per heavy atom. The van der Waals surface area contributed by atoms with E-state index in [4.69, 9.17) is 9.84 Å². The van der Waals surface area contributed by atoms with E-state index in [-0.39, 0.29) is 18.6 Å². The zero-order valence-corrected chi connectivity index (χ0v) is 8.23. The van der Waals surface area contributed by atoms with Crippen LogP contribution in [0.25, 0.3) is 0 Å². The fourth-order valence-corrected chi connectivity index (χ4v) is 1.71. The van der Waals surface area contributed by atoms with Crippen LogP contribution in [0.4, 0.5) is 0 Å². The first-order chi connectivity index (χ1) is 6.61. The molecule has 0 aromatic carbocycles. The number of nitrogens with zero attached hydrogens (tertiary/aromatic N) is 1. The fraction of sp³-hybridized carbons (Fsp3) is 0.778. The Balaban J connectivity index is 2.29. The molecule has 0 aromatic rings. The molecule has 0 aromatic heterocycles. The van der Waals surface area contributed by atoms with Gasteiger partial charge in [0.15, 0.2) is 0 Å². The number of hydrogen-bond acceptors (Lipinski definition) is 3. The minimum atomic E-state index is -0.975. The minimum absolute atomic E-state index is 0.0337. The molecule has 5 heteroatoms. The summed E-state index contributed by atoms with van der Waals surface area (Å²) in [5.74, 6) is -0.941. The molecule has 1 amide bonds. The van der Waals surface area contributed by atoms with Crippen molar-refractivity contribution >= 4 is 11.9 Å². The van der Waals surface area contributed by atoms with Crippen LogP contribution in [0.1, 0.15) is 19.8 Å². The molecular formula is C9H15NO4. The normalized spacial score (nSPS) is 21.2. The number of carboxylic acid groups (broad SMARTS) is 1. The van der Waals surface area contributed by atoms with E-state index in [1.807, 2.05) is 0 Å². The summed E-state index contributed by atoms with van der Waals surface area (Å²) in [5, 5.41) is 8.36. The SMILES string of the molecule is CC(=O)N1CCCC1COCC(=O)O. The van der Waals surface area contributed by atoms with Crippen molar-refractivity contribution in [3.63, 3.8) is 0 Å². The molecule has 0 bridgehead atoms. The second-order valence-corrected chi connectivity index (χ2v) is 3.42. The summed E-state index contributed by atoms with van der Waals surface area (Å²) >= 11 is 0. The molecule has 0 saturated carbocycles. The highest BCUT2D eigenvalue weighted by Crippen LogP contribution is 2.17. The molecule has 1 aliphatic rings. The smallest absolute Gasteiger partial charge is 0.329 e. The van der Waals surface area contributed by atoms with Crippen LogP contribution in [0, 0.1) is 0 Å². The first kappa shape index (κ1) is 11.0. The zero-order valence-electron chi connectivity index (χ0n) is 8.23. The van der Waals surface area contributed by atoms with Crippen molar-refractivity contribution in [2.75, 3.05) is 19.8 Å². The second-order valence-electron chi connectivity index (χ2n) is 3.42. The first-order valence-electron chi connectivity index (χ1n) is 4.68. The number of rotatable bonds is 4. The number of hydrogen-bond donors (Lipinski definition) is 1. The minimum Gasteiger partial charge on any atom is -0.480 e. The van der Waals surface area contributed by atoms with Gasteiger partial charge in [-0.05, 0) is 12.8 Å². The molecule has 5 nitrogen and oxygen atoms in total. The summed E-state index contributed by atoms with van der Waals surface area (Å²) < 4.78 is 4.97. The highest BCUT2D eigenvalue weighted by molar-refractivity contribution is 5.73. The van der Waals surface area contributed by atoms with Crippen LogP contribution in [0.3, 0.4) is 0 Å². The van der Waals surface area contributed by atoms with E-state index in [0.29, 0.717) is 6.61 Å². The lowest BCUT2D eigenvalue weighted by molar-refractivity contribution is -0.143. The van der Waals surface area contributed by atoms with E-state index in [2.05, 4.69) is 0 Å². The van der Waals surface area contributed by atoms with Crippen molar-refractivity contribution in [2.45, 2.75) is 25.8 Å². The summed E-state index contributed by atoms with van der Waals surface area (Å²) in [6.07, 6.45) is 1.87. The van der Waals surface area contributed by atoms with Gasteiger partial charge in [-0.2, -0.15) is 0 Å². The average Bonchev–Trinajstić information content (AvgIpc) is 2.51. The van der Waals surface area contributed by atoms with E-state index in [1.165, 1.54) is 6.92 Å². The van der Waals surface area contributed by atoms with Gasteiger partial charge in [-0.25, -0.2) is 4.79 Å². The summed E-state index contributed by atoms with van der Waals surface area (Å²) in [6, 6.07) is 0.0619. The van der Waals surface area contributed by atoms with Crippen LogP contribution in [-0.4, -0.2) is 47.7 Å². The molecule has 0 radical (unpaired) electrons. The predicted molar refractivity (Wildman–Crippen MR) is 48.9 cm³/mol. The van der Waals surface area contributed by atoms with E-state index >= 15 is 0 Å². The standard InChI is InChI=1S/C9H15NO4/c1-7(11)10-4-2-3-8(10)5-14-6-9(12)13/h8H,2-6H2,1H3,(H,12,13). The number of carbonyl (C=O) groups excluding carboxylic acids is 1. The lowest BCUT2D eigenvalue weighted by Crippen LogP contribution is -2.37. The van der Waals surface area contributed by atoms with Crippen molar-refractivity contribution in [3.05, 3.63) is 0 Å². The molecule has 1 N–H and O–H groups in total. The van der Waals surface area contributed by atoms with Crippen molar-refractivity contribution in [2.24, 2.45) is 0 Å². The van der Waals surface area contributed by atoms with Crippen molar-refractivity contribution in [3.8, 4) is 0 Å². The Morgan fingerprint density at radius 3 is 2.86 bits per heavy atom. The van der Waals surface area contributed by atoms with Gasteiger partial charge < -0.3 is 14.7 Å². The van der Waals surface area contributed by atoms with Crippen LogP contribution < -0.4 is 0 Å². The van der Waals surface area contributed by atoms with Crippen molar-refractivity contribution in [1.82, 2.24) is 4.90 Å². The molecule has 1 heterocycles. The van der Waals surface area contributed by atoms with Gasteiger partial charge in [-0.3, -0.25) is 4.79 Å². The Morgan fingerprint density at radius 2 is 2.29 bits per heavy atom. The zero-order chi connectivity index (χ0) is 10.6. The van der Waals surface area contributed by atoms with Crippen LogP contribution in [0.15, 0.2) is 0 Å². The van der Waals surface area contributed by atoms with Gasteiger partial charge in [0.25, 0.3) is 0 Å². The number of likely N-dealkylation sites (tertiary alicyclic amines) is 1. The maximum absolute atomic E-state index is 11.1. The number of aliphatic carboxylic acids is 1. The fourth-order valence-electron chi connectivity index (χ4n) is 1.71. The first-order valence-corrected chi connectivity index (χ1v) is 4.68. The van der Waals surface area contributed by atoms with Gasteiger partial charge >= 0.3 is 5.97 Å². The third-order valence-electron chi connectivity index (χ3n) is 2.32.